The maximum atomic E-state index is 5.45. The third-order valence-electron chi connectivity index (χ3n) is 1.36. The second-order valence-electron chi connectivity index (χ2n) is 2.57. The fourth-order valence-electron chi connectivity index (χ4n) is 0.767. The molecule has 0 bridgehead atoms. The molecular formula is C10H6Cl5N2Pd+. The normalized spacial score (nSPS) is 8.22. The van der Waals surface area contributed by atoms with Crippen LogP contribution in [0.4, 0.5) is 0 Å². The molecule has 18 heavy (non-hydrogen) atoms. The van der Waals surface area contributed by atoms with Gasteiger partial charge < -0.3 is 12.4 Å². The number of hydrogen-bond acceptors (Lipinski definition) is 2. The van der Waals surface area contributed by atoms with E-state index in [2.05, 4.69) is 9.97 Å². The molecule has 0 saturated heterocycles. The summed E-state index contributed by atoms with van der Waals surface area (Å²) < 4.78 is 0. The van der Waals surface area contributed by atoms with Crippen molar-refractivity contribution in [2.24, 2.45) is 0 Å². The largest absolute Gasteiger partial charge is 2.00 e. The molecule has 0 unspecified atom stereocenters. The summed E-state index contributed by atoms with van der Waals surface area (Å²) in [7, 11) is 0. The van der Waals surface area contributed by atoms with Crippen molar-refractivity contribution in [2.75, 3.05) is 0 Å². The van der Waals surface area contributed by atoms with Gasteiger partial charge >= 0.3 is 20.4 Å². The second kappa shape index (κ2) is 11.3. The van der Waals surface area contributed by atoms with Gasteiger partial charge in [0.1, 0.15) is 20.6 Å². The van der Waals surface area contributed by atoms with Crippen molar-refractivity contribution in [3.8, 4) is 0 Å². The Kier molecular flexibility index (Phi) is 13.0. The van der Waals surface area contributed by atoms with Crippen molar-refractivity contribution in [3.05, 3.63) is 57.0 Å². The minimum absolute atomic E-state index is 0. The van der Waals surface area contributed by atoms with E-state index in [0.717, 1.165) is 0 Å². The van der Waals surface area contributed by atoms with Crippen LogP contribution in [0.2, 0.25) is 20.6 Å². The van der Waals surface area contributed by atoms with E-state index in [9.17, 15) is 0 Å². The number of halogens is 5. The van der Waals surface area contributed by atoms with Gasteiger partial charge in [-0.3, -0.25) is 0 Å². The van der Waals surface area contributed by atoms with Crippen LogP contribution in [0.25, 0.3) is 0 Å². The molecule has 0 fully saturated rings. The van der Waals surface area contributed by atoms with Gasteiger partial charge in [0.2, 0.25) is 0 Å². The third-order valence-corrected chi connectivity index (χ3v) is 2.20. The fraction of sp³-hybridized carbons (Fsp3) is 0. The standard InChI is InChI=1S/2C5H3Cl2N.ClH.Pd/c2*6-4-2-1-3-5(7)8-4;;/h2*1-3H;1H;/q;;;+2/p-1. The maximum absolute atomic E-state index is 5.45. The Balaban J connectivity index is 0. The van der Waals surface area contributed by atoms with E-state index in [1.165, 1.54) is 0 Å². The predicted molar refractivity (Wildman–Crippen MR) is 68.5 cm³/mol. The van der Waals surface area contributed by atoms with Gasteiger partial charge in [-0.25, -0.2) is 9.97 Å². The van der Waals surface area contributed by atoms with E-state index < -0.39 is 0 Å². The van der Waals surface area contributed by atoms with Gasteiger partial charge in [0.05, 0.1) is 0 Å². The van der Waals surface area contributed by atoms with Gasteiger partial charge in [-0.05, 0) is 24.3 Å². The van der Waals surface area contributed by atoms with Crippen molar-refractivity contribution in [2.45, 2.75) is 0 Å². The Bertz CT molecular complexity index is 392. The van der Waals surface area contributed by atoms with Gasteiger partial charge in [0.25, 0.3) is 0 Å². The molecule has 2 nitrogen and oxygen atoms in total. The van der Waals surface area contributed by atoms with Gasteiger partial charge in [-0.2, -0.15) is 0 Å². The van der Waals surface area contributed by atoms with Crippen LogP contribution in [0.15, 0.2) is 36.4 Å². The number of aromatic nitrogens is 2. The van der Waals surface area contributed by atoms with Crippen LogP contribution in [-0.4, -0.2) is 9.97 Å². The van der Waals surface area contributed by atoms with Crippen molar-refractivity contribution in [1.29, 1.82) is 0 Å². The molecule has 0 spiro atoms. The van der Waals surface area contributed by atoms with Crippen LogP contribution in [-0.2, 0) is 20.4 Å². The zero-order chi connectivity index (χ0) is 12.0. The predicted octanol–water partition coefficient (Wildman–Crippen LogP) is 1.78. The maximum Gasteiger partial charge on any atom is 2.00 e. The molecule has 2 heterocycles. The van der Waals surface area contributed by atoms with E-state index in [4.69, 9.17) is 46.4 Å². The summed E-state index contributed by atoms with van der Waals surface area (Å²) in [5.74, 6) is 0. The Labute approximate surface area is 145 Å². The van der Waals surface area contributed by atoms with Gasteiger partial charge in [-0.1, -0.05) is 58.5 Å². The molecule has 0 aromatic carbocycles. The van der Waals surface area contributed by atoms with Crippen LogP contribution in [0.1, 0.15) is 0 Å². The van der Waals surface area contributed by atoms with Crippen LogP contribution < -0.4 is 12.4 Å². The van der Waals surface area contributed by atoms with Crippen LogP contribution in [0.3, 0.4) is 0 Å². The molecule has 0 atom stereocenters. The van der Waals surface area contributed by atoms with E-state index in [0.29, 0.717) is 20.6 Å². The van der Waals surface area contributed by atoms with Crippen LogP contribution >= 0.6 is 46.4 Å². The minimum atomic E-state index is 0. The van der Waals surface area contributed by atoms with Gasteiger partial charge in [-0.15, -0.1) is 0 Å². The van der Waals surface area contributed by atoms with E-state index in [1.807, 2.05) is 0 Å². The first kappa shape index (κ1) is 20.7. The summed E-state index contributed by atoms with van der Waals surface area (Å²) in [6.07, 6.45) is 0. The monoisotopic (exact) mass is 435 g/mol. The number of pyridine rings is 2. The zero-order valence-corrected chi connectivity index (χ0v) is 13.9. The minimum Gasteiger partial charge on any atom is -1.00 e. The molecule has 0 N–H and O–H groups in total. The molecule has 0 aliphatic rings. The van der Waals surface area contributed by atoms with Crippen LogP contribution in [0.5, 0.6) is 0 Å². The first-order valence-corrected chi connectivity index (χ1v) is 5.65. The molecule has 2 rings (SSSR count). The second-order valence-corrected chi connectivity index (χ2v) is 4.12. The molecule has 0 aliphatic carbocycles. The Morgan fingerprint density at radius 2 is 0.833 bits per heavy atom. The number of rotatable bonds is 0. The smallest absolute Gasteiger partial charge is 1.00 e. The van der Waals surface area contributed by atoms with Gasteiger partial charge in [0.15, 0.2) is 0 Å². The first-order valence-electron chi connectivity index (χ1n) is 4.14. The van der Waals surface area contributed by atoms with Crippen molar-refractivity contribution >= 4 is 46.4 Å². The topological polar surface area (TPSA) is 25.8 Å². The molecule has 0 amide bonds. The number of hydrogen-bond donors (Lipinski definition) is 0. The third kappa shape index (κ3) is 9.36. The summed E-state index contributed by atoms with van der Waals surface area (Å²) in [5.41, 5.74) is 0. The molecule has 2 aromatic rings. The average Bonchev–Trinajstić information content (AvgIpc) is 2.17. The van der Waals surface area contributed by atoms with Gasteiger partial charge in [0, 0.05) is 0 Å². The Morgan fingerprint density at radius 3 is 0.944 bits per heavy atom. The van der Waals surface area contributed by atoms with Crippen molar-refractivity contribution in [3.63, 3.8) is 0 Å². The van der Waals surface area contributed by atoms with E-state index in [1.54, 1.807) is 36.4 Å². The molecule has 100 valence electrons. The summed E-state index contributed by atoms with van der Waals surface area (Å²) in [4.78, 5) is 7.41. The van der Waals surface area contributed by atoms with Crippen molar-refractivity contribution in [1.82, 2.24) is 9.97 Å². The molecular weight excluding hydrogens is 432 g/mol. The quantitative estimate of drug-likeness (QED) is 0.464. The summed E-state index contributed by atoms with van der Waals surface area (Å²) in [6, 6.07) is 10.2. The molecule has 0 aliphatic heterocycles. The van der Waals surface area contributed by atoms with E-state index in [-0.39, 0.29) is 32.8 Å². The molecule has 8 heteroatoms. The van der Waals surface area contributed by atoms with Crippen molar-refractivity contribution < 1.29 is 32.8 Å². The Hall–Kier alpha value is 0.412. The molecule has 0 saturated carbocycles. The average molecular weight is 438 g/mol. The molecule has 2 aromatic heterocycles. The fourth-order valence-corrected chi connectivity index (χ4v) is 1.51. The Morgan fingerprint density at radius 1 is 0.611 bits per heavy atom. The summed E-state index contributed by atoms with van der Waals surface area (Å²) >= 11 is 21.8. The molecule has 0 radical (unpaired) electrons. The van der Waals surface area contributed by atoms with Crippen LogP contribution in [0, 0.1) is 0 Å². The SMILES string of the molecule is Clc1cccc(Cl)n1.Clc1cccc(Cl)n1.[Cl-].[Pd+2]. The summed E-state index contributed by atoms with van der Waals surface area (Å²) in [6.45, 7) is 0. The number of nitrogens with zero attached hydrogens (tertiary/aromatic N) is 2. The summed E-state index contributed by atoms with van der Waals surface area (Å²) in [5, 5.41) is 1.71. The van der Waals surface area contributed by atoms with E-state index >= 15 is 0 Å². The zero-order valence-electron chi connectivity index (χ0n) is 8.56. The first-order chi connectivity index (χ1) is 7.58.